The van der Waals surface area contributed by atoms with Crippen LogP contribution in [0.15, 0.2) is 0 Å². The summed E-state index contributed by atoms with van der Waals surface area (Å²) in [5.41, 5.74) is -0.755. The Kier molecular flexibility index (Phi) is 7.56. The maximum absolute atomic E-state index is 11.8. The summed E-state index contributed by atoms with van der Waals surface area (Å²) in [5, 5.41) is 8.26. The molecule has 0 radical (unpaired) electrons. The molecule has 3 amide bonds. The Morgan fingerprint density at radius 1 is 1.00 bits per heavy atom. The van der Waals surface area contributed by atoms with Crippen LogP contribution < -0.4 is 16.0 Å². The normalized spacial score (nSPS) is 13.2. The van der Waals surface area contributed by atoms with E-state index < -0.39 is 11.5 Å². The zero-order valence-corrected chi connectivity index (χ0v) is 14.9. The molecule has 0 aromatic heterocycles. The number of hydrogen-bond donors (Lipinski definition) is 3. The molecule has 128 valence electrons. The number of amides is 3. The van der Waals surface area contributed by atoms with Crippen LogP contribution in [0.3, 0.4) is 0 Å². The summed E-state index contributed by atoms with van der Waals surface area (Å²) in [6.07, 6.45) is 0.818. The molecule has 0 saturated carbocycles. The van der Waals surface area contributed by atoms with Crippen molar-refractivity contribution in [2.45, 2.75) is 72.9 Å². The van der Waals surface area contributed by atoms with E-state index in [4.69, 9.17) is 0 Å². The Morgan fingerprint density at radius 2 is 1.55 bits per heavy atom. The molecule has 22 heavy (non-hydrogen) atoms. The van der Waals surface area contributed by atoms with E-state index in [-0.39, 0.29) is 29.7 Å². The Hall–Kier alpha value is -1.59. The van der Waals surface area contributed by atoms with Crippen LogP contribution in [0.1, 0.15) is 61.3 Å². The average Bonchev–Trinajstić information content (AvgIpc) is 2.30. The summed E-state index contributed by atoms with van der Waals surface area (Å²) in [7, 11) is 0. The van der Waals surface area contributed by atoms with Crippen molar-refractivity contribution in [1.82, 2.24) is 16.0 Å². The lowest BCUT2D eigenvalue weighted by Gasteiger charge is -2.23. The highest BCUT2D eigenvalue weighted by Crippen LogP contribution is 2.12. The van der Waals surface area contributed by atoms with Gasteiger partial charge in [0.25, 0.3) is 0 Å². The fourth-order valence-electron chi connectivity index (χ4n) is 1.57. The second-order valence-corrected chi connectivity index (χ2v) is 7.64. The Labute approximate surface area is 133 Å². The molecule has 0 aromatic rings. The predicted molar refractivity (Wildman–Crippen MR) is 87.2 cm³/mol. The van der Waals surface area contributed by atoms with Gasteiger partial charge in [0, 0.05) is 23.9 Å². The van der Waals surface area contributed by atoms with E-state index in [1.807, 2.05) is 41.5 Å². The molecule has 6 heteroatoms. The molecular formula is C16H31N3O3. The first-order valence-corrected chi connectivity index (χ1v) is 7.72. The van der Waals surface area contributed by atoms with Gasteiger partial charge in [0.1, 0.15) is 6.04 Å². The number of carbonyl (C=O) groups is 3. The lowest BCUT2D eigenvalue weighted by Crippen LogP contribution is -2.50. The maximum Gasteiger partial charge on any atom is 0.242 e. The third-order valence-corrected chi connectivity index (χ3v) is 2.82. The van der Waals surface area contributed by atoms with E-state index in [0.29, 0.717) is 13.0 Å². The second kappa shape index (κ2) is 8.15. The molecule has 0 aromatic carbocycles. The van der Waals surface area contributed by atoms with Gasteiger partial charge >= 0.3 is 0 Å². The quantitative estimate of drug-likeness (QED) is 0.647. The topological polar surface area (TPSA) is 87.3 Å². The molecule has 0 fully saturated rings. The highest BCUT2D eigenvalue weighted by Gasteiger charge is 2.21. The molecule has 0 aliphatic rings. The minimum absolute atomic E-state index is 0.0363. The van der Waals surface area contributed by atoms with E-state index in [1.54, 1.807) is 6.92 Å². The minimum atomic E-state index is -0.573. The van der Waals surface area contributed by atoms with Crippen LogP contribution in [0, 0.1) is 5.41 Å². The third kappa shape index (κ3) is 9.37. The second-order valence-electron chi connectivity index (χ2n) is 7.64. The Morgan fingerprint density at radius 3 is 2.00 bits per heavy atom. The van der Waals surface area contributed by atoms with Crippen LogP contribution in [0.25, 0.3) is 0 Å². The maximum atomic E-state index is 11.8. The Balaban J connectivity index is 4.00. The van der Waals surface area contributed by atoms with Gasteiger partial charge in [-0.2, -0.15) is 0 Å². The van der Waals surface area contributed by atoms with Gasteiger partial charge in [-0.3, -0.25) is 14.4 Å². The molecular weight excluding hydrogens is 282 g/mol. The summed E-state index contributed by atoms with van der Waals surface area (Å²) >= 11 is 0. The summed E-state index contributed by atoms with van der Waals surface area (Å²) in [4.78, 5) is 35.2. The van der Waals surface area contributed by atoms with Crippen LogP contribution in [-0.2, 0) is 14.4 Å². The van der Waals surface area contributed by atoms with Crippen molar-refractivity contribution in [1.29, 1.82) is 0 Å². The van der Waals surface area contributed by atoms with Gasteiger partial charge in [-0.15, -0.1) is 0 Å². The smallest absolute Gasteiger partial charge is 0.242 e. The molecule has 0 rings (SSSR count). The van der Waals surface area contributed by atoms with Crippen molar-refractivity contribution in [2.75, 3.05) is 6.54 Å². The monoisotopic (exact) mass is 313 g/mol. The number of hydrogen-bond acceptors (Lipinski definition) is 3. The van der Waals surface area contributed by atoms with Crippen molar-refractivity contribution in [3.8, 4) is 0 Å². The van der Waals surface area contributed by atoms with E-state index in [2.05, 4.69) is 16.0 Å². The zero-order valence-electron chi connectivity index (χ0n) is 14.9. The van der Waals surface area contributed by atoms with Crippen LogP contribution in [0.5, 0.6) is 0 Å². The molecule has 1 atom stereocenters. The number of carbonyl (C=O) groups excluding carboxylic acids is 3. The van der Waals surface area contributed by atoms with Crippen molar-refractivity contribution < 1.29 is 14.4 Å². The summed E-state index contributed by atoms with van der Waals surface area (Å²) < 4.78 is 0. The van der Waals surface area contributed by atoms with Crippen LogP contribution in [0.4, 0.5) is 0 Å². The summed E-state index contributed by atoms with van der Waals surface area (Å²) in [5.74, 6) is -0.436. The lowest BCUT2D eigenvalue weighted by atomic mass is 9.96. The molecule has 1 unspecified atom stereocenters. The highest BCUT2D eigenvalue weighted by atomic mass is 16.2. The molecule has 6 nitrogen and oxygen atoms in total. The van der Waals surface area contributed by atoms with Crippen molar-refractivity contribution in [3.05, 3.63) is 0 Å². The van der Waals surface area contributed by atoms with Gasteiger partial charge < -0.3 is 16.0 Å². The van der Waals surface area contributed by atoms with Crippen LogP contribution in [-0.4, -0.2) is 35.8 Å². The van der Waals surface area contributed by atoms with E-state index in [0.717, 1.165) is 0 Å². The van der Waals surface area contributed by atoms with Crippen molar-refractivity contribution in [2.24, 2.45) is 5.41 Å². The van der Waals surface area contributed by atoms with E-state index >= 15 is 0 Å². The molecule has 0 bridgehead atoms. The largest absolute Gasteiger partial charge is 0.356 e. The first kappa shape index (κ1) is 20.4. The standard InChI is InChI=1S/C16H31N3O3/c1-11(13(21)19-16(5,6)7)18-12(20)9-8-10-17-14(22)15(2,3)4/h11H,8-10H2,1-7H3,(H,17,22)(H,18,20)(H,19,21). The van der Waals surface area contributed by atoms with Gasteiger partial charge in [-0.1, -0.05) is 20.8 Å². The molecule has 0 heterocycles. The zero-order chi connectivity index (χ0) is 17.6. The molecule has 3 N–H and O–H groups in total. The van der Waals surface area contributed by atoms with Gasteiger partial charge in [0.05, 0.1) is 0 Å². The molecule has 0 saturated heterocycles. The first-order valence-electron chi connectivity index (χ1n) is 7.72. The first-order chi connectivity index (χ1) is 9.83. The molecule has 0 aliphatic heterocycles. The van der Waals surface area contributed by atoms with Gasteiger partial charge in [-0.25, -0.2) is 0 Å². The summed E-state index contributed by atoms with van der Waals surface area (Å²) in [6.45, 7) is 13.3. The number of rotatable bonds is 6. The van der Waals surface area contributed by atoms with Gasteiger partial charge in [-0.05, 0) is 34.1 Å². The van der Waals surface area contributed by atoms with Gasteiger partial charge in [0.15, 0.2) is 0 Å². The summed E-state index contributed by atoms with van der Waals surface area (Å²) in [6, 6.07) is -0.573. The van der Waals surface area contributed by atoms with E-state index in [9.17, 15) is 14.4 Å². The molecule has 0 spiro atoms. The van der Waals surface area contributed by atoms with Crippen molar-refractivity contribution in [3.63, 3.8) is 0 Å². The minimum Gasteiger partial charge on any atom is -0.356 e. The van der Waals surface area contributed by atoms with Crippen LogP contribution >= 0.6 is 0 Å². The third-order valence-electron chi connectivity index (χ3n) is 2.82. The predicted octanol–water partition coefficient (Wildman–Crippen LogP) is 1.35. The Bertz CT molecular complexity index is 406. The number of nitrogens with one attached hydrogen (secondary N) is 3. The van der Waals surface area contributed by atoms with Crippen molar-refractivity contribution >= 4 is 17.7 Å². The van der Waals surface area contributed by atoms with Gasteiger partial charge in [0.2, 0.25) is 17.7 Å². The lowest BCUT2D eigenvalue weighted by molar-refractivity contribution is -0.129. The van der Waals surface area contributed by atoms with Crippen LogP contribution in [0.2, 0.25) is 0 Å². The fraction of sp³-hybridized carbons (Fsp3) is 0.812. The average molecular weight is 313 g/mol. The fourth-order valence-corrected chi connectivity index (χ4v) is 1.57. The van der Waals surface area contributed by atoms with E-state index in [1.165, 1.54) is 0 Å². The SMILES string of the molecule is CC(NC(=O)CCCNC(=O)C(C)(C)C)C(=O)NC(C)(C)C. The molecule has 0 aliphatic carbocycles. The highest BCUT2D eigenvalue weighted by molar-refractivity contribution is 5.87.